The Hall–Kier alpha value is -3.74. The molecule has 1 saturated heterocycles. The van der Waals surface area contributed by atoms with Crippen LogP contribution in [0, 0.1) is 0 Å². The van der Waals surface area contributed by atoms with Gasteiger partial charge in [0.25, 0.3) is 5.91 Å². The van der Waals surface area contributed by atoms with Crippen LogP contribution in [0.5, 0.6) is 0 Å². The zero-order valence-corrected chi connectivity index (χ0v) is 25.3. The normalized spacial score (nSPS) is 16.4. The molecule has 3 aromatic rings. The standard InChI is InChI=1S/C29H35ClN6O5S/c1-29(2,3)41-27(38)23(35-42(39,40)21-10-5-4-6-11-21)19-33-26(37)20-13-14-24(22(30)18-20)36-17-8-7-12-25(36)34-28-31-15-9-16-32-28/h4-6,9-11,13-16,18,23,25,35H,7-8,12,17,19H2,1-3H3,(H,33,37)(H,31,32,34)/t23-,25-/m0/s1. The molecule has 0 radical (unpaired) electrons. The average Bonchev–Trinajstić information content (AvgIpc) is 2.95. The van der Waals surface area contributed by atoms with Gasteiger partial charge >= 0.3 is 5.97 Å². The smallest absolute Gasteiger partial charge is 0.326 e. The number of anilines is 2. The van der Waals surface area contributed by atoms with Gasteiger partial charge in [0.2, 0.25) is 16.0 Å². The molecule has 0 saturated carbocycles. The van der Waals surface area contributed by atoms with E-state index in [-0.39, 0.29) is 23.2 Å². The molecule has 224 valence electrons. The Morgan fingerprint density at radius 2 is 1.79 bits per heavy atom. The number of carbonyl (C=O) groups excluding carboxylic acids is 2. The third-order valence-electron chi connectivity index (χ3n) is 6.39. The van der Waals surface area contributed by atoms with Crippen LogP contribution < -0.4 is 20.3 Å². The molecule has 0 spiro atoms. The van der Waals surface area contributed by atoms with E-state index in [9.17, 15) is 18.0 Å². The zero-order chi connectivity index (χ0) is 30.3. The molecule has 11 nitrogen and oxygen atoms in total. The predicted molar refractivity (Wildman–Crippen MR) is 161 cm³/mol. The molecule has 0 unspecified atom stereocenters. The lowest BCUT2D eigenvalue weighted by Crippen LogP contribution is -2.50. The van der Waals surface area contributed by atoms with E-state index in [1.165, 1.54) is 12.1 Å². The van der Waals surface area contributed by atoms with Crippen LogP contribution in [0.2, 0.25) is 5.02 Å². The first-order chi connectivity index (χ1) is 19.9. The lowest BCUT2D eigenvalue weighted by Gasteiger charge is -2.38. The first-order valence-electron chi connectivity index (χ1n) is 13.6. The highest BCUT2D eigenvalue weighted by atomic mass is 35.5. The first-order valence-corrected chi connectivity index (χ1v) is 15.5. The maximum absolute atomic E-state index is 13.1. The zero-order valence-electron chi connectivity index (χ0n) is 23.7. The van der Waals surface area contributed by atoms with Crippen LogP contribution in [0.15, 0.2) is 71.9 Å². The number of nitrogens with one attached hydrogen (secondary N) is 3. The lowest BCUT2D eigenvalue weighted by molar-refractivity contribution is -0.156. The number of piperidine rings is 1. The number of nitrogens with zero attached hydrogens (tertiary/aromatic N) is 3. The average molecular weight is 615 g/mol. The van der Waals surface area contributed by atoms with Gasteiger partial charge in [-0.2, -0.15) is 4.72 Å². The van der Waals surface area contributed by atoms with Crippen molar-refractivity contribution in [3.8, 4) is 0 Å². The number of hydrogen-bond acceptors (Lipinski definition) is 9. The van der Waals surface area contributed by atoms with Crippen molar-refractivity contribution in [3.63, 3.8) is 0 Å². The van der Waals surface area contributed by atoms with Crippen molar-refractivity contribution in [2.75, 3.05) is 23.3 Å². The summed E-state index contributed by atoms with van der Waals surface area (Å²) in [5.74, 6) is -0.826. The van der Waals surface area contributed by atoms with Gasteiger partial charge in [-0.1, -0.05) is 29.8 Å². The van der Waals surface area contributed by atoms with Crippen LogP contribution >= 0.6 is 11.6 Å². The van der Waals surface area contributed by atoms with Crippen LogP contribution in [0.3, 0.4) is 0 Å². The Kier molecular flexibility index (Phi) is 10.0. The second kappa shape index (κ2) is 13.5. The van der Waals surface area contributed by atoms with Crippen LogP contribution in [-0.2, 0) is 19.6 Å². The van der Waals surface area contributed by atoms with Gasteiger partial charge in [0.1, 0.15) is 17.8 Å². The molecule has 1 fully saturated rings. The van der Waals surface area contributed by atoms with Crippen LogP contribution in [0.1, 0.15) is 50.4 Å². The van der Waals surface area contributed by atoms with Crippen molar-refractivity contribution >= 4 is 45.1 Å². The van der Waals surface area contributed by atoms with Crippen molar-refractivity contribution in [2.24, 2.45) is 0 Å². The molecule has 2 atom stereocenters. The van der Waals surface area contributed by atoms with Gasteiger partial charge in [-0.25, -0.2) is 18.4 Å². The summed E-state index contributed by atoms with van der Waals surface area (Å²) in [6.07, 6.45) is 6.14. The molecular formula is C29H35ClN6O5S. The Morgan fingerprint density at radius 3 is 2.45 bits per heavy atom. The van der Waals surface area contributed by atoms with Gasteiger partial charge < -0.3 is 20.3 Å². The fraction of sp³-hybridized carbons (Fsp3) is 0.379. The van der Waals surface area contributed by atoms with Crippen molar-refractivity contribution in [2.45, 2.75) is 62.7 Å². The van der Waals surface area contributed by atoms with E-state index in [0.717, 1.165) is 31.5 Å². The SMILES string of the molecule is CC(C)(C)OC(=O)[C@H](CNC(=O)c1ccc(N2CCCC[C@H]2Nc2ncccn2)c(Cl)c1)NS(=O)(=O)c1ccccc1. The second-order valence-corrected chi connectivity index (χ2v) is 12.9. The Labute approximate surface area is 251 Å². The number of hydrogen-bond donors (Lipinski definition) is 3. The molecule has 0 aliphatic carbocycles. The molecule has 4 rings (SSSR count). The number of amides is 1. The van der Waals surface area contributed by atoms with Gasteiger partial charge in [0.15, 0.2) is 0 Å². The molecule has 3 N–H and O–H groups in total. The minimum absolute atomic E-state index is 0.0170. The quantitative estimate of drug-likeness (QED) is 0.289. The van der Waals surface area contributed by atoms with Crippen molar-refractivity contribution in [1.29, 1.82) is 0 Å². The first kappa shape index (κ1) is 31.2. The van der Waals surface area contributed by atoms with Crippen molar-refractivity contribution in [3.05, 3.63) is 77.6 Å². The topological polar surface area (TPSA) is 143 Å². The summed E-state index contributed by atoms with van der Waals surface area (Å²) in [7, 11) is -4.07. The predicted octanol–water partition coefficient (Wildman–Crippen LogP) is 3.98. The summed E-state index contributed by atoms with van der Waals surface area (Å²) >= 11 is 6.67. The lowest BCUT2D eigenvalue weighted by atomic mass is 10.1. The van der Waals surface area contributed by atoms with Crippen molar-refractivity contribution < 1.29 is 22.7 Å². The fourth-order valence-corrected chi connectivity index (χ4v) is 5.97. The number of esters is 1. The summed E-state index contributed by atoms with van der Waals surface area (Å²) in [4.78, 5) is 36.6. The second-order valence-electron chi connectivity index (χ2n) is 10.8. The number of rotatable bonds is 10. The van der Waals surface area contributed by atoms with E-state index in [1.807, 2.05) is 0 Å². The van der Waals surface area contributed by atoms with E-state index in [4.69, 9.17) is 16.3 Å². The number of aromatic nitrogens is 2. The maximum Gasteiger partial charge on any atom is 0.326 e. The van der Waals surface area contributed by atoms with Gasteiger partial charge in [0, 0.05) is 31.0 Å². The number of carbonyl (C=O) groups is 2. The highest BCUT2D eigenvalue weighted by Gasteiger charge is 2.31. The Balaban J connectivity index is 1.47. The van der Waals surface area contributed by atoms with E-state index in [2.05, 4.69) is 30.2 Å². The molecule has 2 aromatic carbocycles. The molecule has 1 aliphatic heterocycles. The molecule has 1 amide bonds. The van der Waals surface area contributed by atoms with Gasteiger partial charge in [-0.15, -0.1) is 0 Å². The molecule has 1 aromatic heterocycles. The van der Waals surface area contributed by atoms with Gasteiger partial charge in [0.05, 0.1) is 15.6 Å². The minimum Gasteiger partial charge on any atom is -0.459 e. The minimum atomic E-state index is -4.07. The highest BCUT2D eigenvalue weighted by Crippen LogP contribution is 2.32. The van der Waals surface area contributed by atoms with E-state index in [0.29, 0.717) is 11.0 Å². The van der Waals surface area contributed by atoms with Crippen LogP contribution in [0.4, 0.5) is 11.6 Å². The Morgan fingerprint density at radius 1 is 1.07 bits per heavy atom. The van der Waals surface area contributed by atoms with Crippen LogP contribution in [-0.4, -0.2) is 61.2 Å². The van der Waals surface area contributed by atoms with E-state index >= 15 is 0 Å². The maximum atomic E-state index is 13.1. The fourth-order valence-electron chi connectivity index (χ4n) is 4.47. The Bertz CT molecular complexity index is 1490. The third kappa shape index (κ3) is 8.40. The van der Waals surface area contributed by atoms with Gasteiger partial charge in [-0.05, 0) is 76.4 Å². The van der Waals surface area contributed by atoms with E-state index in [1.54, 1.807) is 75.6 Å². The van der Waals surface area contributed by atoms with Crippen LogP contribution in [0.25, 0.3) is 0 Å². The largest absolute Gasteiger partial charge is 0.459 e. The molecular weight excluding hydrogens is 580 g/mol. The number of sulfonamides is 1. The van der Waals surface area contributed by atoms with E-state index < -0.39 is 33.5 Å². The highest BCUT2D eigenvalue weighted by molar-refractivity contribution is 7.89. The monoisotopic (exact) mass is 614 g/mol. The summed E-state index contributed by atoms with van der Waals surface area (Å²) in [6, 6.07) is 13.0. The molecule has 0 bridgehead atoms. The summed E-state index contributed by atoms with van der Waals surface area (Å²) < 4.78 is 33.6. The molecule has 42 heavy (non-hydrogen) atoms. The number of halogens is 1. The molecule has 13 heteroatoms. The van der Waals surface area contributed by atoms with Crippen molar-refractivity contribution in [1.82, 2.24) is 20.0 Å². The van der Waals surface area contributed by atoms with Gasteiger partial charge in [-0.3, -0.25) is 9.59 Å². The summed E-state index contributed by atoms with van der Waals surface area (Å²) in [5, 5.41) is 6.36. The third-order valence-corrected chi connectivity index (χ3v) is 8.18. The summed E-state index contributed by atoms with van der Waals surface area (Å²) in [6.45, 7) is 5.44. The molecule has 2 heterocycles. The molecule has 1 aliphatic rings. The number of ether oxygens (including phenoxy) is 1. The summed E-state index contributed by atoms with van der Waals surface area (Å²) in [5.41, 5.74) is 0.142. The number of benzene rings is 2.